The molecular formula is C11H17FN4O. The van der Waals surface area contributed by atoms with Gasteiger partial charge in [0.1, 0.15) is 0 Å². The third kappa shape index (κ3) is 2.82. The molecule has 94 valence electrons. The highest BCUT2D eigenvalue weighted by Crippen LogP contribution is 2.25. The van der Waals surface area contributed by atoms with E-state index < -0.39 is 5.82 Å². The summed E-state index contributed by atoms with van der Waals surface area (Å²) in [6, 6.07) is 0.217. The molecule has 0 aromatic carbocycles. The van der Waals surface area contributed by atoms with E-state index in [9.17, 15) is 4.39 Å². The van der Waals surface area contributed by atoms with Crippen molar-refractivity contribution in [2.45, 2.75) is 31.4 Å². The molecule has 1 aromatic rings. The number of halogens is 1. The number of hydrogen-bond donors (Lipinski definition) is 2. The minimum atomic E-state index is -0.426. The van der Waals surface area contributed by atoms with Gasteiger partial charge in [-0.1, -0.05) is 0 Å². The van der Waals surface area contributed by atoms with E-state index in [4.69, 9.17) is 4.74 Å². The van der Waals surface area contributed by atoms with Gasteiger partial charge in [-0.25, -0.2) is 9.37 Å². The quantitative estimate of drug-likeness (QED) is 0.837. The van der Waals surface area contributed by atoms with Crippen molar-refractivity contribution >= 4 is 11.8 Å². The Kier molecular flexibility index (Phi) is 3.73. The second-order valence-electron chi connectivity index (χ2n) is 4.15. The van der Waals surface area contributed by atoms with Crippen molar-refractivity contribution < 1.29 is 9.13 Å². The van der Waals surface area contributed by atoms with Crippen LogP contribution in [-0.2, 0) is 4.74 Å². The summed E-state index contributed by atoms with van der Waals surface area (Å²) >= 11 is 0. The van der Waals surface area contributed by atoms with Gasteiger partial charge >= 0.3 is 0 Å². The van der Waals surface area contributed by atoms with E-state index in [1.807, 2.05) is 0 Å². The molecule has 0 bridgehead atoms. The van der Waals surface area contributed by atoms with E-state index in [2.05, 4.69) is 20.6 Å². The van der Waals surface area contributed by atoms with Crippen LogP contribution in [0.15, 0.2) is 6.20 Å². The average Bonchev–Trinajstić information content (AvgIpc) is 2.80. The van der Waals surface area contributed by atoms with Crippen LogP contribution in [-0.4, -0.2) is 36.3 Å². The van der Waals surface area contributed by atoms with Crippen molar-refractivity contribution in [3.05, 3.63) is 12.0 Å². The monoisotopic (exact) mass is 240 g/mol. The lowest BCUT2D eigenvalue weighted by Crippen LogP contribution is -2.19. The van der Waals surface area contributed by atoms with Crippen LogP contribution in [0.4, 0.5) is 16.2 Å². The molecule has 0 saturated heterocycles. The molecule has 2 atom stereocenters. The summed E-state index contributed by atoms with van der Waals surface area (Å²) in [4.78, 5) is 7.86. The number of aromatic nitrogens is 2. The predicted molar refractivity (Wildman–Crippen MR) is 63.6 cm³/mol. The normalized spacial score (nSPS) is 23.7. The molecule has 2 unspecified atom stereocenters. The van der Waals surface area contributed by atoms with Crippen molar-refractivity contribution in [3.8, 4) is 0 Å². The molecule has 2 rings (SSSR count). The zero-order valence-electron chi connectivity index (χ0n) is 10.0. The molecule has 0 aliphatic heterocycles. The Bertz CT molecular complexity index is 388. The largest absolute Gasteiger partial charge is 0.381 e. The Morgan fingerprint density at radius 2 is 2.29 bits per heavy atom. The number of methoxy groups -OCH3 is 1. The molecule has 17 heavy (non-hydrogen) atoms. The summed E-state index contributed by atoms with van der Waals surface area (Å²) in [5.74, 6) is 0.242. The van der Waals surface area contributed by atoms with E-state index in [-0.39, 0.29) is 18.0 Å². The van der Waals surface area contributed by atoms with Crippen LogP contribution in [0.1, 0.15) is 19.3 Å². The van der Waals surface area contributed by atoms with E-state index >= 15 is 0 Å². The lowest BCUT2D eigenvalue weighted by Gasteiger charge is -2.14. The van der Waals surface area contributed by atoms with E-state index in [1.54, 1.807) is 14.2 Å². The first kappa shape index (κ1) is 12.0. The fourth-order valence-corrected chi connectivity index (χ4v) is 2.07. The minimum Gasteiger partial charge on any atom is -0.381 e. The summed E-state index contributed by atoms with van der Waals surface area (Å²) in [6.07, 6.45) is 4.29. The Labute approximate surface area is 99.8 Å². The van der Waals surface area contributed by atoms with Crippen molar-refractivity contribution in [2.75, 3.05) is 24.8 Å². The molecule has 2 N–H and O–H groups in total. The van der Waals surface area contributed by atoms with Crippen molar-refractivity contribution in [1.29, 1.82) is 0 Å². The molecular weight excluding hydrogens is 223 g/mol. The first-order valence-corrected chi connectivity index (χ1v) is 5.72. The Morgan fingerprint density at radius 3 is 2.94 bits per heavy atom. The van der Waals surface area contributed by atoms with Gasteiger partial charge in [-0.3, -0.25) is 0 Å². The van der Waals surface area contributed by atoms with Crippen LogP contribution in [0.3, 0.4) is 0 Å². The Balaban J connectivity index is 2.03. The summed E-state index contributed by atoms with van der Waals surface area (Å²) in [5, 5.41) is 5.89. The van der Waals surface area contributed by atoms with Gasteiger partial charge in [-0.15, -0.1) is 0 Å². The second-order valence-corrected chi connectivity index (χ2v) is 4.15. The third-order valence-corrected chi connectivity index (χ3v) is 3.03. The molecule has 6 heteroatoms. The van der Waals surface area contributed by atoms with Crippen molar-refractivity contribution in [3.63, 3.8) is 0 Å². The average molecular weight is 240 g/mol. The maximum absolute atomic E-state index is 13.5. The lowest BCUT2D eigenvalue weighted by atomic mass is 10.2. The smallest absolute Gasteiger partial charge is 0.224 e. The van der Waals surface area contributed by atoms with Gasteiger partial charge in [0.05, 0.1) is 12.3 Å². The topological polar surface area (TPSA) is 59.1 Å². The summed E-state index contributed by atoms with van der Waals surface area (Å²) in [6.45, 7) is 0. The number of anilines is 2. The molecule has 1 aromatic heterocycles. The Morgan fingerprint density at radius 1 is 1.47 bits per heavy atom. The lowest BCUT2D eigenvalue weighted by molar-refractivity contribution is 0.108. The van der Waals surface area contributed by atoms with Gasteiger partial charge in [0, 0.05) is 20.2 Å². The van der Waals surface area contributed by atoms with E-state index in [1.165, 1.54) is 6.20 Å². The Hall–Kier alpha value is -1.43. The minimum absolute atomic E-state index is 0.217. The van der Waals surface area contributed by atoms with E-state index in [0.717, 1.165) is 19.3 Å². The van der Waals surface area contributed by atoms with Gasteiger partial charge in [0.25, 0.3) is 0 Å². The fraction of sp³-hybridized carbons (Fsp3) is 0.636. The van der Waals surface area contributed by atoms with Gasteiger partial charge in [0.15, 0.2) is 11.6 Å². The molecule has 0 amide bonds. The maximum Gasteiger partial charge on any atom is 0.224 e. The maximum atomic E-state index is 13.5. The molecule has 1 aliphatic rings. The fourth-order valence-electron chi connectivity index (χ4n) is 2.07. The SMILES string of the molecule is CNc1ncc(F)c(NC2CCC(OC)C2)n1. The molecule has 5 nitrogen and oxygen atoms in total. The highest BCUT2D eigenvalue weighted by molar-refractivity contribution is 5.41. The van der Waals surface area contributed by atoms with Gasteiger partial charge in [-0.05, 0) is 19.3 Å². The summed E-state index contributed by atoms with van der Waals surface area (Å²) in [7, 11) is 3.41. The van der Waals surface area contributed by atoms with Crippen molar-refractivity contribution in [2.24, 2.45) is 0 Å². The van der Waals surface area contributed by atoms with Gasteiger partial charge in [0.2, 0.25) is 5.95 Å². The first-order valence-electron chi connectivity index (χ1n) is 5.72. The van der Waals surface area contributed by atoms with Crippen LogP contribution < -0.4 is 10.6 Å². The molecule has 1 heterocycles. The number of ether oxygens (including phenoxy) is 1. The molecule has 0 radical (unpaired) electrons. The molecule has 1 saturated carbocycles. The van der Waals surface area contributed by atoms with Crippen LogP contribution in [0, 0.1) is 5.82 Å². The zero-order chi connectivity index (χ0) is 12.3. The first-order chi connectivity index (χ1) is 8.22. The predicted octanol–water partition coefficient (Wildman–Crippen LogP) is 1.64. The standard InChI is InChI=1S/C11H17FN4O/c1-13-11-14-6-9(12)10(16-11)15-7-3-4-8(5-7)17-2/h6-8H,3-5H2,1-2H3,(H2,13,14,15,16). The highest BCUT2D eigenvalue weighted by Gasteiger charge is 2.25. The highest BCUT2D eigenvalue weighted by atomic mass is 19.1. The molecule has 0 spiro atoms. The molecule has 1 aliphatic carbocycles. The zero-order valence-corrected chi connectivity index (χ0v) is 10.0. The third-order valence-electron chi connectivity index (χ3n) is 3.03. The van der Waals surface area contributed by atoms with Gasteiger partial charge in [-0.2, -0.15) is 4.98 Å². The second kappa shape index (κ2) is 5.27. The van der Waals surface area contributed by atoms with Crippen LogP contribution >= 0.6 is 0 Å². The number of nitrogens with one attached hydrogen (secondary N) is 2. The van der Waals surface area contributed by atoms with Crippen LogP contribution in [0.25, 0.3) is 0 Å². The summed E-state index contributed by atoms with van der Waals surface area (Å²) in [5.41, 5.74) is 0. The van der Waals surface area contributed by atoms with E-state index in [0.29, 0.717) is 5.95 Å². The van der Waals surface area contributed by atoms with Gasteiger partial charge < -0.3 is 15.4 Å². The van der Waals surface area contributed by atoms with Crippen LogP contribution in [0.5, 0.6) is 0 Å². The van der Waals surface area contributed by atoms with Crippen molar-refractivity contribution in [1.82, 2.24) is 9.97 Å². The number of nitrogens with zero attached hydrogens (tertiary/aromatic N) is 2. The number of hydrogen-bond acceptors (Lipinski definition) is 5. The summed E-state index contributed by atoms with van der Waals surface area (Å²) < 4.78 is 18.8. The van der Waals surface area contributed by atoms with Crippen LogP contribution in [0.2, 0.25) is 0 Å². The molecule has 1 fully saturated rings. The number of rotatable bonds is 4.